The summed E-state index contributed by atoms with van der Waals surface area (Å²) in [7, 11) is 0. The van der Waals surface area contributed by atoms with Crippen molar-refractivity contribution in [3.05, 3.63) is 29.8 Å². The second-order valence-electron chi connectivity index (χ2n) is 3.99. The Hall–Kier alpha value is -2.04. The van der Waals surface area contributed by atoms with Crippen LogP contribution in [0.3, 0.4) is 0 Å². The lowest BCUT2D eigenvalue weighted by molar-refractivity contribution is 0.0696. The molecule has 5 nitrogen and oxygen atoms in total. The Bertz CT molecular complexity index is 458. The molecule has 1 aromatic carbocycles. The minimum absolute atomic E-state index is 0.0820. The molecule has 0 aliphatic carbocycles. The van der Waals surface area contributed by atoms with Gasteiger partial charge in [0.25, 0.3) is 0 Å². The van der Waals surface area contributed by atoms with Crippen LogP contribution in [0, 0.1) is 0 Å². The third-order valence-electron chi connectivity index (χ3n) is 2.69. The van der Waals surface area contributed by atoms with Gasteiger partial charge in [-0.15, -0.1) is 0 Å². The molecule has 1 aliphatic rings. The van der Waals surface area contributed by atoms with E-state index in [0.29, 0.717) is 12.2 Å². The van der Waals surface area contributed by atoms with Gasteiger partial charge in [-0.3, -0.25) is 4.90 Å². The van der Waals surface area contributed by atoms with Crippen LogP contribution in [-0.2, 0) is 4.74 Å². The molecule has 17 heavy (non-hydrogen) atoms. The number of amides is 1. The van der Waals surface area contributed by atoms with Gasteiger partial charge in [-0.25, -0.2) is 9.59 Å². The van der Waals surface area contributed by atoms with E-state index in [1.807, 2.05) is 6.92 Å². The molecule has 2 rings (SSSR count). The molecule has 1 unspecified atom stereocenters. The summed E-state index contributed by atoms with van der Waals surface area (Å²) in [6.07, 6.45) is 0.232. The minimum Gasteiger partial charge on any atom is -0.478 e. The molecular formula is C12H13NO4. The first-order valence-electron chi connectivity index (χ1n) is 5.39. The number of anilines is 1. The predicted molar refractivity (Wildman–Crippen MR) is 61.3 cm³/mol. The van der Waals surface area contributed by atoms with E-state index in [1.54, 1.807) is 12.1 Å². The van der Waals surface area contributed by atoms with Crippen molar-refractivity contribution in [2.45, 2.75) is 19.4 Å². The number of carbonyl (C=O) groups is 2. The molecule has 0 bridgehead atoms. The highest BCUT2D eigenvalue weighted by Crippen LogP contribution is 2.22. The summed E-state index contributed by atoms with van der Waals surface area (Å²) in [5.74, 6) is -1.01. The number of aromatic carboxylic acids is 1. The molecule has 1 heterocycles. The number of hydrogen-bond donors (Lipinski definition) is 1. The van der Waals surface area contributed by atoms with Crippen molar-refractivity contribution >= 4 is 17.7 Å². The van der Waals surface area contributed by atoms with Gasteiger partial charge in [-0.05, 0) is 25.1 Å². The zero-order valence-electron chi connectivity index (χ0n) is 9.42. The molecule has 0 spiro atoms. The summed E-state index contributed by atoms with van der Waals surface area (Å²) in [4.78, 5) is 23.9. The molecule has 1 saturated heterocycles. The van der Waals surface area contributed by atoms with E-state index in [1.165, 1.54) is 17.0 Å². The summed E-state index contributed by atoms with van der Waals surface area (Å²) in [5.41, 5.74) is 0.718. The van der Waals surface area contributed by atoms with Gasteiger partial charge in [0.1, 0.15) is 6.10 Å². The lowest BCUT2D eigenvalue weighted by atomic mass is 10.1. The molecule has 0 aromatic heterocycles. The van der Waals surface area contributed by atoms with Crippen LogP contribution in [0.1, 0.15) is 23.7 Å². The first-order valence-corrected chi connectivity index (χ1v) is 5.39. The molecule has 5 heteroatoms. The first-order chi connectivity index (χ1) is 8.08. The number of cyclic esters (lactones) is 1. The van der Waals surface area contributed by atoms with Crippen molar-refractivity contribution in [3.8, 4) is 0 Å². The van der Waals surface area contributed by atoms with Crippen molar-refractivity contribution < 1.29 is 19.4 Å². The van der Waals surface area contributed by atoms with Gasteiger partial charge >= 0.3 is 12.1 Å². The predicted octanol–water partition coefficient (Wildman–Crippen LogP) is 2.12. The monoisotopic (exact) mass is 235 g/mol. The number of rotatable bonds is 2. The van der Waals surface area contributed by atoms with E-state index in [4.69, 9.17) is 9.84 Å². The SMILES string of the molecule is CC1CCN(c2cccc(C(=O)O)c2)C(=O)O1. The quantitative estimate of drug-likeness (QED) is 0.852. The largest absolute Gasteiger partial charge is 0.478 e. The van der Waals surface area contributed by atoms with Gasteiger partial charge in [0.2, 0.25) is 0 Å². The van der Waals surface area contributed by atoms with Gasteiger partial charge in [-0.2, -0.15) is 0 Å². The molecule has 1 aromatic rings. The highest BCUT2D eigenvalue weighted by Gasteiger charge is 2.25. The smallest absolute Gasteiger partial charge is 0.414 e. The van der Waals surface area contributed by atoms with Gasteiger partial charge in [-0.1, -0.05) is 6.07 Å². The Morgan fingerprint density at radius 1 is 1.53 bits per heavy atom. The summed E-state index contributed by atoms with van der Waals surface area (Å²) in [6.45, 7) is 2.38. The number of nitrogens with zero attached hydrogens (tertiary/aromatic N) is 1. The number of carboxylic acid groups (broad SMARTS) is 1. The van der Waals surface area contributed by atoms with Crippen molar-refractivity contribution in [2.75, 3.05) is 11.4 Å². The summed E-state index contributed by atoms with van der Waals surface area (Å²) >= 11 is 0. The van der Waals surface area contributed by atoms with Crippen molar-refractivity contribution in [1.82, 2.24) is 0 Å². The maximum atomic E-state index is 11.6. The van der Waals surface area contributed by atoms with E-state index in [9.17, 15) is 9.59 Å². The number of carboxylic acids is 1. The van der Waals surface area contributed by atoms with Gasteiger partial charge in [0.05, 0.1) is 5.56 Å². The molecule has 1 atom stereocenters. The van der Waals surface area contributed by atoms with Gasteiger partial charge in [0, 0.05) is 18.7 Å². The zero-order chi connectivity index (χ0) is 12.4. The van der Waals surface area contributed by atoms with Crippen molar-refractivity contribution in [3.63, 3.8) is 0 Å². The van der Waals surface area contributed by atoms with E-state index in [2.05, 4.69) is 0 Å². The highest BCUT2D eigenvalue weighted by molar-refractivity contribution is 5.92. The standard InChI is InChI=1S/C12H13NO4/c1-8-5-6-13(12(16)17-8)10-4-2-3-9(7-10)11(14)15/h2-4,7-8H,5-6H2,1H3,(H,14,15). The number of carbonyl (C=O) groups excluding carboxylic acids is 1. The molecular weight excluding hydrogens is 222 g/mol. The Labute approximate surface area is 98.6 Å². The topological polar surface area (TPSA) is 66.8 Å². The van der Waals surface area contributed by atoms with Crippen LogP contribution in [0.5, 0.6) is 0 Å². The Balaban J connectivity index is 2.25. The highest BCUT2D eigenvalue weighted by atomic mass is 16.6. The maximum absolute atomic E-state index is 11.6. The molecule has 0 saturated carbocycles. The third-order valence-corrected chi connectivity index (χ3v) is 2.69. The fourth-order valence-electron chi connectivity index (χ4n) is 1.74. The summed E-state index contributed by atoms with van der Waals surface area (Å²) < 4.78 is 5.09. The third kappa shape index (κ3) is 2.38. The van der Waals surface area contributed by atoms with Crippen LogP contribution in [0.4, 0.5) is 10.5 Å². The second-order valence-corrected chi connectivity index (χ2v) is 3.99. The number of ether oxygens (including phenoxy) is 1. The normalized spacial score (nSPS) is 19.9. The second kappa shape index (κ2) is 4.45. The van der Waals surface area contributed by atoms with Crippen LogP contribution in [0.2, 0.25) is 0 Å². The number of hydrogen-bond acceptors (Lipinski definition) is 3. The molecule has 1 N–H and O–H groups in total. The Morgan fingerprint density at radius 2 is 2.29 bits per heavy atom. The minimum atomic E-state index is -1.01. The molecule has 90 valence electrons. The molecule has 0 radical (unpaired) electrons. The molecule has 1 fully saturated rings. The maximum Gasteiger partial charge on any atom is 0.414 e. The molecule has 1 amide bonds. The van der Waals surface area contributed by atoms with E-state index < -0.39 is 12.1 Å². The van der Waals surface area contributed by atoms with Crippen molar-refractivity contribution in [2.24, 2.45) is 0 Å². The Kier molecular flexibility index (Phi) is 2.99. The first kappa shape index (κ1) is 11.4. The van der Waals surface area contributed by atoms with E-state index in [-0.39, 0.29) is 11.7 Å². The lowest BCUT2D eigenvalue weighted by Crippen LogP contribution is -2.41. The molecule has 1 aliphatic heterocycles. The van der Waals surface area contributed by atoms with Crippen LogP contribution in [-0.4, -0.2) is 29.8 Å². The fraction of sp³-hybridized carbons (Fsp3) is 0.333. The lowest BCUT2D eigenvalue weighted by Gasteiger charge is -2.30. The van der Waals surface area contributed by atoms with Crippen molar-refractivity contribution in [1.29, 1.82) is 0 Å². The summed E-state index contributed by atoms with van der Waals surface area (Å²) in [6, 6.07) is 6.27. The van der Waals surface area contributed by atoms with Crippen LogP contribution in [0.25, 0.3) is 0 Å². The van der Waals surface area contributed by atoms with Crippen LogP contribution in [0.15, 0.2) is 24.3 Å². The van der Waals surface area contributed by atoms with Crippen LogP contribution >= 0.6 is 0 Å². The average Bonchev–Trinajstić information content (AvgIpc) is 2.29. The van der Waals surface area contributed by atoms with Gasteiger partial charge < -0.3 is 9.84 Å². The fourth-order valence-corrected chi connectivity index (χ4v) is 1.74. The van der Waals surface area contributed by atoms with Gasteiger partial charge in [0.15, 0.2) is 0 Å². The van der Waals surface area contributed by atoms with E-state index >= 15 is 0 Å². The zero-order valence-corrected chi connectivity index (χ0v) is 9.42. The van der Waals surface area contributed by atoms with Crippen LogP contribution < -0.4 is 4.90 Å². The summed E-state index contributed by atoms with van der Waals surface area (Å²) in [5, 5.41) is 8.88. The van der Waals surface area contributed by atoms with E-state index in [0.717, 1.165) is 6.42 Å². The number of benzene rings is 1. The average molecular weight is 235 g/mol. The Morgan fingerprint density at radius 3 is 2.94 bits per heavy atom.